The van der Waals surface area contributed by atoms with Gasteiger partial charge in [0.15, 0.2) is 0 Å². The molecular weight excluding hydrogens is 411 g/mol. The molecule has 0 saturated heterocycles. The zero-order valence-electron chi connectivity index (χ0n) is 18.3. The third kappa shape index (κ3) is 6.48. The molecule has 0 aliphatic carbocycles. The van der Waals surface area contributed by atoms with Gasteiger partial charge in [-0.3, -0.25) is 0 Å². The molecule has 0 aromatic heterocycles. The molecule has 3 aromatic carbocycles. The second kappa shape index (κ2) is 10.7. The highest BCUT2D eigenvalue weighted by atomic mass is 19.1. The van der Waals surface area contributed by atoms with Gasteiger partial charge in [-0.25, -0.2) is 9.18 Å². The van der Waals surface area contributed by atoms with Crippen LogP contribution in [0.25, 0.3) is 0 Å². The van der Waals surface area contributed by atoms with E-state index < -0.39 is 12.1 Å². The number of halogens is 1. The van der Waals surface area contributed by atoms with E-state index >= 15 is 0 Å². The lowest BCUT2D eigenvalue weighted by molar-refractivity contribution is -0.145. The average molecular weight is 438 g/mol. The van der Waals surface area contributed by atoms with E-state index in [2.05, 4.69) is 13.8 Å². The first kappa shape index (κ1) is 23.1. The summed E-state index contributed by atoms with van der Waals surface area (Å²) in [6, 6.07) is 20.0. The van der Waals surface area contributed by atoms with Crippen LogP contribution < -0.4 is 14.2 Å². The van der Waals surface area contributed by atoms with E-state index in [0.717, 1.165) is 5.56 Å². The minimum atomic E-state index is -1.13. The fourth-order valence-electron chi connectivity index (χ4n) is 3.06. The van der Waals surface area contributed by atoms with Crippen molar-refractivity contribution in [1.29, 1.82) is 0 Å². The lowest BCUT2D eigenvalue weighted by Crippen LogP contribution is -2.21. The number of aliphatic carboxylic acids is 1. The molecule has 0 aliphatic rings. The van der Waals surface area contributed by atoms with Gasteiger partial charge in [-0.15, -0.1) is 0 Å². The number of carboxylic acid groups (broad SMARTS) is 1. The predicted molar refractivity (Wildman–Crippen MR) is 120 cm³/mol. The summed E-state index contributed by atoms with van der Waals surface area (Å²) in [4.78, 5) is 11.8. The number of rotatable bonds is 10. The smallest absolute Gasteiger partial charge is 0.349 e. The minimum absolute atomic E-state index is 0.260. The molecule has 1 N–H and O–H groups in total. The number of hydrogen-bond donors (Lipinski definition) is 1. The SMILES string of the molecule is CC(COc1ccc(C(Oc2ccc(C(C)C)cc2)C(=O)O)cc1)Oc1ccc(F)cc1. The first-order valence-electron chi connectivity index (χ1n) is 10.5. The van der Waals surface area contributed by atoms with Gasteiger partial charge in [0.2, 0.25) is 6.10 Å². The molecule has 0 heterocycles. The van der Waals surface area contributed by atoms with Crippen LogP contribution in [0.5, 0.6) is 17.2 Å². The van der Waals surface area contributed by atoms with Crippen molar-refractivity contribution in [2.75, 3.05) is 6.61 Å². The Morgan fingerprint density at radius 2 is 1.28 bits per heavy atom. The molecule has 168 valence electrons. The van der Waals surface area contributed by atoms with E-state index in [0.29, 0.717) is 28.7 Å². The molecule has 0 bridgehead atoms. The number of carboxylic acids is 1. The van der Waals surface area contributed by atoms with E-state index in [1.54, 1.807) is 48.5 Å². The first-order valence-corrected chi connectivity index (χ1v) is 10.5. The van der Waals surface area contributed by atoms with Crippen LogP contribution in [0.15, 0.2) is 72.8 Å². The molecule has 0 spiro atoms. The quantitative estimate of drug-likeness (QED) is 0.421. The second-order valence-corrected chi connectivity index (χ2v) is 7.82. The van der Waals surface area contributed by atoms with E-state index in [4.69, 9.17) is 14.2 Å². The molecule has 6 heteroatoms. The molecule has 0 aliphatic heterocycles. The Balaban J connectivity index is 1.58. The molecule has 32 heavy (non-hydrogen) atoms. The van der Waals surface area contributed by atoms with Gasteiger partial charge in [0.25, 0.3) is 0 Å². The fraction of sp³-hybridized carbons (Fsp3) is 0.269. The Bertz CT molecular complexity index is 998. The summed E-state index contributed by atoms with van der Waals surface area (Å²) in [5, 5.41) is 9.64. The van der Waals surface area contributed by atoms with E-state index in [1.807, 2.05) is 19.1 Å². The monoisotopic (exact) mass is 438 g/mol. The van der Waals surface area contributed by atoms with Gasteiger partial charge in [-0.05, 0) is 66.9 Å². The summed E-state index contributed by atoms with van der Waals surface area (Å²) in [6.45, 7) is 6.30. The summed E-state index contributed by atoms with van der Waals surface area (Å²) in [7, 11) is 0. The topological polar surface area (TPSA) is 65.0 Å². The molecule has 3 rings (SSSR count). The Morgan fingerprint density at radius 3 is 1.84 bits per heavy atom. The second-order valence-electron chi connectivity index (χ2n) is 7.82. The lowest BCUT2D eigenvalue weighted by atomic mass is 10.0. The molecule has 2 atom stereocenters. The summed E-state index contributed by atoms with van der Waals surface area (Å²) in [5.41, 5.74) is 1.66. The van der Waals surface area contributed by atoms with Gasteiger partial charge in [0.1, 0.15) is 35.8 Å². The Morgan fingerprint density at radius 1 is 0.781 bits per heavy atom. The standard InChI is InChI=1S/C26H27FO5/c1-17(2)19-4-12-24(13-5-19)32-25(26(28)29)20-6-10-22(11-7-20)30-16-18(3)31-23-14-8-21(27)9-15-23/h4-15,17-18,25H,16H2,1-3H3,(H,28,29). The number of hydrogen-bond acceptors (Lipinski definition) is 4. The zero-order chi connectivity index (χ0) is 23.1. The maximum Gasteiger partial charge on any atom is 0.349 e. The molecular formula is C26H27FO5. The van der Waals surface area contributed by atoms with Crippen LogP contribution in [0.3, 0.4) is 0 Å². The van der Waals surface area contributed by atoms with Crippen LogP contribution in [0.4, 0.5) is 4.39 Å². The first-order chi connectivity index (χ1) is 15.3. The molecule has 3 aromatic rings. The summed E-state index contributed by atoms with van der Waals surface area (Å²) < 4.78 is 30.1. The van der Waals surface area contributed by atoms with Crippen LogP contribution in [0.2, 0.25) is 0 Å². The summed E-state index contributed by atoms with van der Waals surface area (Å²) in [6.07, 6.45) is -1.39. The number of carbonyl (C=O) groups is 1. The molecule has 5 nitrogen and oxygen atoms in total. The van der Waals surface area contributed by atoms with Gasteiger partial charge in [0.05, 0.1) is 0 Å². The average Bonchev–Trinajstić information content (AvgIpc) is 2.78. The van der Waals surface area contributed by atoms with E-state index in [-0.39, 0.29) is 18.5 Å². The van der Waals surface area contributed by atoms with Crippen molar-refractivity contribution in [3.05, 3.63) is 89.7 Å². The van der Waals surface area contributed by atoms with Crippen LogP contribution in [-0.2, 0) is 4.79 Å². The van der Waals surface area contributed by atoms with E-state index in [1.165, 1.54) is 12.1 Å². The zero-order valence-corrected chi connectivity index (χ0v) is 18.3. The van der Waals surface area contributed by atoms with Gasteiger partial charge in [-0.1, -0.05) is 38.1 Å². The highest BCUT2D eigenvalue weighted by Crippen LogP contribution is 2.26. The van der Waals surface area contributed by atoms with Crippen molar-refractivity contribution in [2.24, 2.45) is 0 Å². The van der Waals surface area contributed by atoms with Crippen molar-refractivity contribution in [3.63, 3.8) is 0 Å². The molecule has 0 fully saturated rings. The minimum Gasteiger partial charge on any atom is -0.490 e. The van der Waals surface area contributed by atoms with E-state index in [9.17, 15) is 14.3 Å². The maximum absolute atomic E-state index is 13.0. The van der Waals surface area contributed by atoms with Crippen LogP contribution in [-0.4, -0.2) is 23.8 Å². The highest BCUT2D eigenvalue weighted by molar-refractivity contribution is 5.75. The highest BCUT2D eigenvalue weighted by Gasteiger charge is 2.22. The van der Waals surface area contributed by atoms with Gasteiger partial charge >= 0.3 is 5.97 Å². The normalized spacial score (nSPS) is 12.8. The fourth-order valence-corrected chi connectivity index (χ4v) is 3.06. The van der Waals surface area contributed by atoms with Gasteiger partial charge in [-0.2, -0.15) is 0 Å². The number of ether oxygens (including phenoxy) is 3. The van der Waals surface area contributed by atoms with Crippen LogP contribution in [0.1, 0.15) is 43.9 Å². The Hall–Kier alpha value is -3.54. The third-order valence-electron chi connectivity index (χ3n) is 4.84. The number of benzene rings is 3. The molecule has 0 amide bonds. The maximum atomic E-state index is 13.0. The van der Waals surface area contributed by atoms with Gasteiger partial charge < -0.3 is 19.3 Å². The summed E-state index contributed by atoms with van der Waals surface area (Å²) >= 11 is 0. The molecule has 2 unspecified atom stereocenters. The molecule has 0 saturated carbocycles. The Labute approximate surface area is 187 Å². The van der Waals surface area contributed by atoms with Crippen molar-refractivity contribution < 1.29 is 28.5 Å². The van der Waals surface area contributed by atoms with Gasteiger partial charge in [0, 0.05) is 5.56 Å². The van der Waals surface area contributed by atoms with Crippen molar-refractivity contribution in [2.45, 2.75) is 38.9 Å². The largest absolute Gasteiger partial charge is 0.490 e. The lowest BCUT2D eigenvalue weighted by Gasteiger charge is -2.18. The van der Waals surface area contributed by atoms with Crippen molar-refractivity contribution >= 4 is 5.97 Å². The third-order valence-corrected chi connectivity index (χ3v) is 4.84. The van der Waals surface area contributed by atoms with Crippen molar-refractivity contribution in [1.82, 2.24) is 0 Å². The predicted octanol–water partition coefficient (Wildman–Crippen LogP) is 6.00. The van der Waals surface area contributed by atoms with Crippen molar-refractivity contribution in [3.8, 4) is 17.2 Å². The van der Waals surface area contributed by atoms with Crippen LogP contribution >= 0.6 is 0 Å². The molecule has 0 radical (unpaired) electrons. The Kier molecular flexibility index (Phi) is 7.71. The van der Waals surface area contributed by atoms with Crippen LogP contribution in [0, 0.1) is 5.82 Å². The summed E-state index contributed by atoms with van der Waals surface area (Å²) in [5.74, 6) is 0.615.